The molecule has 2 rings (SSSR count). The predicted octanol–water partition coefficient (Wildman–Crippen LogP) is 2.94. The van der Waals surface area contributed by atoms with Gasteiger partial charge in [-0.05, 0) is 18.2 Å². The van der Waals surface area contributed by atoms with E-state index >= 15 is 0 Å². The minimum Gasteiger partial charge on any atom is -0.237 e. The fourth-order valence-electron chi connectivity index (χ4n) is 0.988. The van der Waals surface area contributed by atoms with E-state index in [0.717, 1.165) is 5.39 Å². The maximum atomic E-state index is 5.90. The summed E-state index contributed by atoms with van der Waals surface area (Å²) in [7, 11) is 0. The Balaban J connectivity index is 2.89. The summed E-state index contributed by atoms with van der Waals surface area (Å²) in [5.74, 6) is 0. The standard InChI is InChI=1S/C8H4Cl2N2/c9-6-4-7(10)12-8-5(6)2-1-3-11-8/h1-4H. The third-order valence-corrected chi connectivity index (χ3v) is 2.01. The molecule has 12 heavy (non-hydrogen) atoms. The highest BCUT2D eigenvalue weighted by atomic mass is 35.5. The summed E-state index contributed by atoms with van der Waals surface area (Å²) in [6, 6.07) is 5.27. The van der Waals surface area contributed by atoms with Crippen LogP contribution in [0.25, 0.3) is 11.0 Å². The molecular weight excluding hydrogens is 195 g/mol. The average Bonchev–Trinajstić information content (AvgIpc) is 2.04. The van der Waals surface area contributed by atoms with Crippen LogP contribution in [0.5, 0.6) is 0 Å². The summed E-state index contributed by atoms with van der Waals surface area (Å²) < 4.78 is 0. The molecule has 0 aromatic carbocycles. The number of halogens is 2. The molecule has 4 heteroatoms. The molecule has 0 unspecified atom stereocenters. The number of pyridine rings is 2. The van der Waals surface area contributed by atoms with Crippen molar-refractivity contribution in [1.29, 1.82) is 0 Å². The monoisotopic (exact) mass is 198 g/mol. The molecule has 0 aliphatic carbocycles. The van der Waals surface area contributed by atoms with Gasteiger partial charge in [0.25, 0.3) is 0 Å². The Kier molecular flexibility index (Phi) is 1.87. The number of rotatable bonds is 0. The van der Waals surface area contributed by atoms with E-state index in [1.165, 1.54) is 0 Å². The third-order valence-electron chi connectivity index (χ3n) is 1.50. The van der Waals surface area contributed by atoms with E-state index in [9.17, 15) is 0 Å². The first-order chi connectivity index (χ1) is 5.77. The fourth-order valence-corrected chi connectivity index (χ4v) is 1.48. The summed E-state index contributed by atoms with van der Waals surface area (Å²) in [4.78, 5) is 8.03. The third kappa shape index (κ3) is 1.24. The van der Waals surface area contributed by atoms with Crippen LogP contribution in [-0.4, -0.2) is 9.97 Å². The SMILES string of the molecule is Clc1cc(Cl)c2cccnc2n1. The Bertz CT molecular complexity index is 428. The Morgan fingerprint density at radius 2 is 2.08 bits per heavy atom. The Morgan fingerprint density at radius 3 is 2.92 bits per heavy atom. The predicted molar refractivity (Wildman–Crippen MR) is 49.6 cm³/mol. The molecule has 2 heterocycles. The van der Waals surface area contributed by atoms with Gasteiger partial charge in [0.15, 0.2) is 5.65 Å². The zero-order valence-electron chi connectivity index (χ0n) is 5.96. The first kappa shape index (κ1) is 7.77. The van der Waals surface area contributed by atoms with Crippen molar-refractivity contribution in [2.75, 3.05) is 0 Å². The summed E-state index contributed by atoms with van der Waals surface area (Å²) in [6.45, 7) is 0. The number of aromatic nitrogens is 2. The van der Waals surface area contributed by atoms with Crippen molar-refractivity contribution in [1.82, 2.24) is 9.97 Å². The molecule has 0 atom stereocenters. The van der Waals surface area contributed by atoms with Crippen LogP contribution >= 0.6 is 23.2 Å². The molecule has 2 aromatic heterocycles. The van der Waals surface area contributed by atoms with Crippen LogP contribution in [0.2, 0.25) is 10.2 Å². The summed E-state index contributed by atoms with van der Waals surface area (Å²) in [5.41, 5.74) is 0.579. The Hall–Kier alpha value is -0.860. The maximum Gasteiger partial charge on any atom is 0.162 e. The number of hydrogen-bond acceptors (Lipinski definition) is 2. The van der Waals surface area contributed by atoms with Gasteiger partial charge in [-0.2, -0.15) is 0 Å². The molecule has 0 spiro atoms. The van der Waals surface area contributed by atoms with Gasteiger partial charge in [0.05, 0.1) is 5.02 Å². The molecule has 0 aliphatic heterocycles. The van der Waals surface area contributed by atoms with Gasteiger partial charge in [0.2, 0.25) is 0 Å². The molecule has 60 valence electrons. The Labute approximate surface area is 79.2 Å². The van der Waals surface area contributed by atoms with Crippen LogP contribution in [0.15, 0.2) is 24.4 Å². The minimum atomic E-state index is 0.367. The first-order valence-corrected chi connectivity index (χ1v) is 4.10. The highest BCUT2D eigenvalue weighted by molar-refractivity contribution is 6.37. The zero-order valence-corrected chi connectivity index (χ0v) is 7.47. The average molecular weight is 199 g/mol. The molecule has 0 N–H and O–H groups in total. The van der Waals surface area contributed by atoms with Crippen LogP contribution in [-0.2, 0) is 0 Å². The molecule has 0 saturated heterocycles. The van der Waals surface area contributed by atoms with Gasteiger partial charge >= 0.3 is 0 Å². The van der Waals surface area contributed by atoms with Gasteiger partial charge in [0.1, 0.15) is 5.15 Å². The van der Waals surface area contributed by atoms with Crippen molar-refractivity contribution >= 4 is 34.2 Å². The second-order valence-electron chi connectivity index (χ2n) is 2.30. The summed E-state index contributed by atoms with van der Waals surface area (Å²) in [5, 5.41) is 1.77. The summed E-state index contributed by atoms with van der Waals surface area (Å²) >= 11 is 11.6. The lowest BCUT2D eigenvalue weighted by Crippen LogP contribution is -1.83. The van der Waals surface area contributed by atoms with Crippen LogP contribution in [0, 0.1) is 0 Å². The van der Waals surface area contributed by atoms with Crippen molar-refractivity contribution in [3.8, 4) is 0 Å². The normalized spacial score (nSPS) is 10.5. The highest BCUT2D eigenvalue weighted by Crippen LogP contribution is 2.22. The van der Waals surface area contributed by atoms with E-state index in [1.54, 1.807) is 12.3 Å². The topological polar surface area (TPSA) is 25.8 Å². The van der Waals surface area contributed by atoms with Gasteiger partial charge in [-0.1, -0.05) is 23.2 Å². The van der Waals surface area contributed by atoms with Crippen LogP contribution in [0.3, 0.4) is 0 Å². The van der Waals surface area contributed by atoms with Gasteiger partial charge in [-0.15, -0.1) is 0 Å². The number of nitrogens with zero attached hydrogens (tertiary/aromatic N) is 2. The summed E-state index contributed by atoms with van der Waals surface area (Å²) in [6.07, 6.45) is 1.65. The van der Waals surface area contributed by atoms with Crippen molar-refractivity contribution in [2.24, 2.45) is 0 Å². The van der Waals surface area contributed by atoms with Crippen LogP contribution < -0.4 is 0 Å². The van der Waals surface area contributed by atoms with Crippen molar-refractivity contribution in [3.05, 3.63) is 34.6 Å². The smallest absolute Gasteiger partial charge is 0.162 e. The fraction of sp³-hybridized carbons (Fsp3) is 0. The van der Waals surface area contributed by atoms with Gasteiger partial charge in [-0.25, -0.2) is 9.97 Å². The lowest BCUT2D eigenvalue weighted by Gasteiger charge is -1.97. The van der Waals surface area contributed by atoms with Crippen LogP contribution in [0.1, 0.15) is 0 Å². The lowest BCUT2D eigenvalue weighted by molar-refractivity contribution is 1.29. The van der Waals surface area contributed by atoms with E-state index in [1.807, 2.05) is 12.1 Å². The molecule has 0 aliphatic rings. The molecular formula is C8H4Cl2N2. The van der Waals surface area contributed by atoms with Gasteiger partial charge in [-0.3, -0.25) is 0 Å². The molecule has 0 radical (unpaired) electrons. The molecule has 0 saturated carbocycles. The molecule has 2 aromatic rings. The maximum absolute atomic E-state index is 5.90. The van der Waals surface area contributed by atoms with E-state index in [4.69, 9.17) is 23.2 Å². The largest absolute Gasteiger partial charge is 0.237 e. The van der Waals surface area contributed by atoms with E-state index in [2.05, 4.69) is 9.97 Å². The highest BCUT2D eigenvalue weighted by Gasteiger charge is 2.01. The lowest BCUT2D eigenvalue weighted by atomic mass is 10.3. The molecule has 0 bridgehead atoms. The van der Waals surface area contributed by atoms with Crippen LogP contribution in [0.4, 0.5) is 0 Å². The second kappa shape index (κ2) is 2.88. The zero-order chi connectivity index (χ0) is 8.55. The molecule has 2 nitrogen and oxygen atoms in total. The van der Waals surface area contributed by atoms with E-state index in [0.29, 0.717) is 15.8 Å². The number of hydrogen-bond donors (Lipinski definition) is 0. The van der Waals surface area contributed by atoms with Crippen molar-refractivity contribution in [3.63, 3.8) is 0 Å². The van der Waals surface area contributed by atoms with Crippen molar-refractivity contribution in [2.45, 2.75) is 0 Å². The second-order valence-corrected chi connectivity index (χ2v) is 3.10. The number of fused-ring (bicyclic) bond motifs is 1. The van der Waals surface area contributed by atoms with E-state index in [-0.39, 0.29) is 0 Å². The Morgan fingerprint density at radius 1 is 1.25 bits per heavy atom. The molecule has 0 fully saturated rings. The van der Waals surface area contributed by atoms with Gasteiger partial charge < -0.3 is 0 Å². The first-order valence-electron chi connectivity index (χ1n) is 3.34. The molecule has 0 amide bonds. The minimum absolute atomic E-state index is 0.367. The van der Waals surface area contributed by atoms with E-state index < -0.39 is 0 Å². The van der Waals surface area contributed by atoms with Gasteiger partial charge in [0, 0.05) is 11.6 Å². The quantitative estimate of drug-likeness (QED) is 0.609. The van der Waals surface area contributed by atoms with Crippen molar-refractivity contribution < 1.29 is 0 Å².